The van der Waals surface area contributed by atoms with Crippen LogP contribution in [0.2, 0.25) is 0 Å². The molecule has 0 spiro atoms. The molecular weight excluding hydrogens is 434 g/mol. The van der Waals surface area contributed by atoms with Gasteiger partial charge in [0.2, 0.25) is 5.91 Å². The summed E-state index contributed by atoms with van der Waals surface area (Å²) in [5, 5.41) is 2.61. The number of hydrogen-bond donors (Lipinski definition) is 0. The first-order valence-corrected chi connectivity index (χ1v) is 13.1. The quantitative estimate of drug-likeness (QED) is 0.675. The maximum Gasteiger partial charge on any atom is 0.273 e. The largest absolute Gasteiger partial charge is 0.496 e. The van der Waals surface area contributed by atoms with Gasteiger partial charge in [-0.1, -0.05) is 12.1 Å². The van der Waals surface area contributed by atoms with E-state index in [-0.39, 0.29) is 11.3 Å². The zero-order chi connectivity index (χ0) is 22.6. The van der Waals surface area contributed by atoms with Crippen molar-refractivity contribution in [2.75, 3.05) is 33.3 Å². The minimum atomic E-state index is -0.0977. The van der Waals surface area contributed by atoms with Gasteiger partial charge in [-0.2, -0.15) is 0 Å². The molecule has 6 nitrogen and oxygen atoms in total. The summed E-state index contributed by atoms with van der Waals surface area (Å²) >= 11 is 1.46. The summed E-state index contributed by atoms with van der Waals surface area (Å²) < 4.78 is 5.44. The molecule has 7 rings (SSSR count). The second kappa shape index (κ2) is 8.12. The number of nitrogens with zero attached hydrogens (tertiary/aromatic N) is 3. The van der Waals surface area contributed by atoms with Crippen LogP contribution in [-0.4, -0.2) is 59.9 Å². The first kappa shape index (κ1) is 21.1. The van der Waals surface area contributed by atoms with Crippen LogP contribution >= 0.6 is 11.3 Å². The van der Waals surface area contributed by atoms with Crippen molar-refractivity contribution in [2.45, 2.75) is 38.5 Å². The van der Waals surface area contributed by atoms with E-state index in [9.17, 15) is 9.59 Å². The van der Waals surface area contributed by atoms with Crippen molar-refractivity contribution in [3.05, 3.63) is 35.3 Å². The molecule has 33 heavy (non-hydrogen) atoms. The topological polar surface area (TPSA) is 62.7 Å². The van der Waals surface area contributed by atoms with Crippen LogP contribution in [-0.2, 0) is 4.79 Å². The Morgan fingerprint density at radius 1 is 0.970 bits per heavy atom. The molecule has 0 atom stereocenters. The fraction of sp³-hybridized carbons (Fsp3) is 0.577. The van der Waals surface area contributed by atoms with E-state index < -0.39 is 0 Å². The Kier molecular flexibility index (Phi) is 5.20. The first-order chi connectivity index (χ1) is 16.0. The molecule has 1 saturated heterocycles. The van der Waals surface area contributed by atoms with Crippen molar-refractivity contribution in [3.63, 3.8) is 0 Å². The van der Waals surface area contributed by atoms with Crippen LogP contribution in [0.15, 0.2) is 29.6 Å². The number of amides is 2. The molecule has 4 bridgehead atoms. The fourth-order valence-electron chi connectivity index (χ4n) is 7.30. The fourth-order valence-corrected chi connectivity index (χ4v) is 8.12. The number of para-hydroxylation sites is 1. The number of methoxy groups -OCH3 is 1. The van der Waals surface area contributed by atoms with E-state index in [2.05, 4.69) is 9.88 Å². The Morgan fingerprint density at radius 3 is 2.21 bits per heavy atom. The van der Waals surface area contributed by atoms with E-state index in [1.54, 1.807) is 7.11 Å². The molecule has 7 heteroatoms. The van der Waals surface area contributed by atoms with E-state index in [1.807, 2.05) is 34.5 Å². The van der Waals surface area contributed by atoms with Crippen LogP contribution in [0.25, 0.3) is 10.6 Å². The molecule has 1 aromatic carbocycles. The van der Waals surface area contributed by atoms with Crippen LogP contribution in [0.1, 0.15) is 49.0 Å². The summed E-state index contributed by atoms with van der Waals surface area (Å²) in [4.78, 5) is 35.3. The summed E-state index contributed by atoms with van der Waals surface area (Å²) in [7, 11) is 1.64. The molecule has 174 valence electrons. The van der Waals surface area contributed by atoms with Gasteiger partial charge in [-0.05, 0) is 68.4 Å². The lowest BCUT2D eigenvalue weighted by atomic mass is 9.49. The number of thiazole rings is 1. The Labute approximate surface area is 198 Å². The summed E-state index contributed by atoms with van der Waals surface area (Å²) in [5.41, 5.74) is 1.27. The number of rotatable bonds is 4. The molecule has 0 radical (unpaired) electrons. The predicted octanol–water partition coefficient (Wildman–Crippen LogP) is 4.32. The van der Waals surface area contributed by atoms with Crippen LogP contribution in [0.4, 0.5) is 0 Å². The van der Waals surface area contributed by atoms with E-state index >= 15 is 0 Å². The van der Waals surface area contributed by atoms with Gasteiger partial charge in [0.25, 0.3) is 5.91 Å². The average Bonchev–Trinajstić information content (AvgIpc) is 3.32. The zero-order valence-electron chi connectivity index (χ0n) is 19.2. The summed E-state index contributed by atoms with van der Waals surface area (Å²) in [6, 6.07) is 7.73. The minimum Gasteiger partial charge on any atom is -0.496 e. The molecule has 0 unspecified atom stereocenters. The van der Waals surface area contributed by atoms with Crippen LogP contribution < -0.4 is 4.74 Å². The SMILES string of the molecule is COc1ccccc1-c1nc(C(=O)N2CCN(C(=O)C34CC5CC(CC(C5)C3)C4)CC2)cs1. The van der Waals surface area contributed by atoms with Gasteiger partial charge in [-0.25, -0.2) is 4.98 Å². The lowest BCUT2D eigenvalue weighted by Crippen LogP contribution is -2.58. The van der Waals surface area contributed by atoms with Gasteiger partial charge in [0.1, 0.15) is 16.5 Å². The summed E-state index contributed by atoms with van der Waals surface area (Å²) in [6.45, 7) is 2.43. The Balaban J connectivity index is 1.11. The first-order valence-electron chi connectivity index (χ1n) is 12.2. The van der Waals surface area contributed by atoms with E-state index in [0.29, 0.717) is 37.8 Å². The van der Waals surface area contributed by atoms with Gasteiger partial charge < -0.3 is 14.5 Å². The number of hydrogen-bond acceptors (Lipinski definition) is 5. The van der Waals surface area contributed by atoms with E-state index in [4.69, 9.17) is 4.74 Å². The summed E-state index contributed by atoms with van der Waals surface area (Å²) in [6.07, 6.45) is 7.34. The van der Waals surface area contributed by atoms with Crippen molar-refractivity contribution < 1.29 is 14.3 Å². The van der Waals surface area contributed by atoms with Gasteiger partial charge in [0, 0.05) is 31.6 Å². The van der Waals surface area contributed by atoms with E-state index in [0.717, 1.165) is 53.3 Å². The molecule has 0 N–H and O–H groups in total. The van der Waals surface area contributed by atoms with Gasteiger partial charge >= 0.3 is 0 Å². The number of carbonyl (C=O) groups excluding carboxylic acids is 2. The molecule has 2 aromatic rings. The molecule has 2 heterocycles. The molecule has 1 aliphatic heterocycles. The monoisotopic (exact) mass is 465 g/mol. The van der Waals surface area contributed by atoms with Gasteiger partial charge in [0.15, 0.2) is 0 Å². The minimum absolute atomic E-state index is 0.0469. The smallest absolute Gasteiger partial charge is 0.273 e. The van der Waals surface area contributed by atoms with E-state index in [1.165, 1.54) is 30.6 Å². The second-order valence-corrected chi connectivity index (χ2v) is 11.4. The van der Waals surface area contributed by atoms with Gasteiger partial charge in [0.05, 0.1) is 18.1 Å². The lowest BCUT2D eigenvalue weighted by Gasteiger charge is -2.57. The van der Waals surface area contributed by atoms with Crippen molar-refractivity contribution in [1.29, 1.82) is 0 Å². The van der Waals surface area contributed by atoms with Crippen molar-refractivity contribution in [3.8, 4) is 16.3 Å². The molecule has 5 fully saturated rings. The molecular formula is C26H31N3O3S. The highest BCUT2D eigenvalue weighted by Gasteiger charge is 2.55. The maximum atomic E-state index is 13.6. The van der Waals surface area contributed by atoms with Crippen LogP contribution in [0.3, 0.4) is 0 Å². The molecule has 4 aliphatic carbocycles. The summed E-state index contributed by atoms with van der Waals surface area (Å²) in [5.74, 6) is 3.39. The van der Waals surface area contributed by atoms with Crippen molar-refractivity contribution >= 4 is 23.2 Å². The highest BCUT2D eigenvalue weighted by Crippen LogP contribution is 2.60. The third-order valence-corrected chi connectivity index (χ3v) is 9.28. The number of aromatic nitrogens is 1. The normalized spacial score (nSPS) is 30.5. The maximum absolute atomic E-state index is 13.6. The number of piperazine rings is 1. The number of benzene rings is 1. The average molecular weight is 466 g/mol. The Morgan fingerprint density at radius 2 is 1.58 bits per heavy atom. The predicted molar refractivity (Wildman–Crippen MR) is 127 cm³/mol. The van der Waals surface area contributed by atoms with Gasteiger partial charge in [-0.15, -0.1) is 11.3 Å². The molecule has 1 aromatic heterocycles. The Bertz CT molecular complexity index is 1040. The second-order valence-electron chi connectivity index (χ2n) is 10.5. The number of carbonyl (C=O) groups is 2. The van der Waals surface area contributed by atoms with Crippen LogP contribution in [0.5, 0.6) is 5.75 Å². The Hall–Kier alpha value is -2.41. The van der Waals surface area contributed by atoms with Crippen LogP contribution in [0, 0.1) is 23.2 Å². The van der Waals surface area contributed by atoms with Crippen molar-refractivity contribution in [2.24, 2.45) is 23.2 Å². The van der Waals surface area contributed by atoms with Crippen molar-refractivity contribution in [1.82, 2.24) is 14.8 Å². The third kappa shape index (κ3) is 3.65. The number of ether oxygens (including phenoxy) is 1. The standard InChI is InChI=1S/C26H31N3O3S/c1-32-22-5-3-2-4-20(22)23-27-21(16-33-23)24(30)28-6-8-29(9-7-28)25(31)26-13-17-10-18(14-26)12-19(11-17)15-26/h2-5,16-19H,6-15H2,1H3. The molecule has 4 saturated carbocycles. The van der Waals surface area contributed by atoms with Gasteiger partial charge in [-0.3, -0.25) is 9.59 Å². The third-order valence-electron chi connectivity index (χ3n) is 8.41. The highest BCUT2D eigenvalue weighted by atomic mass is 32.1. The zero-order valence-corrected chi connectivity index (χ0v) is 20.0. The highest BCUT2D eigenvalue weighted by molar-refractivity contribution is 7.13. The lowest BCUT2D eigenvalue weighted by molar-refractivity contribution is -0.159. The molecule has 5 aliphatic rings. The molecule has 2 amide bonds.